The first-order valence-corrected chi connectivity index (χ1v) is 7.89. The van der Waals surface area contributed by atoms with Gasteiger partial charge in [-0.1, -0.05) is 37.6 Å². The van der Waals surface area contributed by atoms with E-state index in [1.807, 2.05) is 0 Å². The van der Waals surface area contributed by atoms with E-state index >= 15 is 0 Å². The zero-order chi connectivity index (χ0) is 13.3. The Hall–Kier alpha value is -0.860. The van der Waals surface area contributed by atoms with Gasteiger partial charge in [0, 0.05) is 6.54 Å². The van der Waals surface area contributed by atoms with Gasteiger partial charge >= 0.3 is 0 Å². The van der Waals surface area contributed by atoms with Crippen LogP contribution in [-0.4, -0.2) is 31.1 Å². The number of rotatable bonds is 7. The first-order chi connectivity index (χ1) is 9.38. The average molecular weight is 260 g/mol. The van der Waals surface area contributed by atoms with E-state index in [1.165, 1.54) is 56.4 Å². The predicted molar refractivity (Wildman–Crippen MR) is 82.4 cm³/mol. The topological polar surface area (TPSA) is 15.3 Å². The standard InChI is InChI=1S/C17H28N2/c1-2-16-8-6-9-17(14-16)15-18-10-7-13-19-11-4-3-5-12-19/h6,8-9,14,18H,2-5,7,10-13,15H2,1H3. The predicted octanol–water partition coefficient (Wildman–Crippen LogP) is 3.21. The van der Waals surface area contributed by atoms with Crippen LogP contribution in [0.25, 0.3) is 0 Å². The largest absolute Gasteiger partial charge is 0.313 e. The van der Waals surface area contributed by atoms with E-state index < -0.39 is 0 Å². The molecular weight excluding hydrogens is 232 g/mol. The Morgan fingerprint density at radius 2 is 1.89 bits per heavy atom. The molecule has 19 heavy (non-hydrogen) atoms. The Morgan fingerprint density at radius 3 is 2.68 bits per heavy atom. The fourth-order valence-electron chi connectivity index (χ4n) is 2.80. The second kappa shape index (κ2) is 8.34. The summed E-state index contributed by atoms with van der Waals surface area (Å²) >= 11 is 0. The van der Waals surface area contributed by atoms with Gasteiger partial charge in [-0.05, 0) is 63.0 Å². The minimum Gasteiger partial charge on any atom is -0.313 e. The molecule has 1 aromatic rings. The highest BCUT2D eigenvalue weighted by Gasteiger charge is 2.08. The molecule has 0 bridgehead atoms. The van der Waals surface area contributed by atoms with Crippen LogP contribution in [0.2, 0.25) is 0 Å². The third kappa shape index (κ3) is 5.33. The lowest BCUT2D eigenvalue weighted by atomic mass is 10.1. The number of hydrogen-bond donors (Lipinski definition) is 1. The lowest BCUT2D eigenvalue weighted by molar-refractivity contribution is 0.225. The Bertz CT molecular complexity index is 356. The van der Waals surface area contributed by atoms with Crippen LogP contribution in [0, 0.1) is 0 Å². The molecule has 1 aliphatic heterocycles. The Kier molecular flexibility index (Phi) is 6.38. The summed E-state index contributed by atoms with van der Waals surface area (Å²) < 4.78 is 0. The summed E-state index contributed by atoms with van der Waals surface area (Å²) in [5.41, 5.74) is 2.85. The van der Waals surface area contributed by atoms with Gasteiger partial charge in [0.15, 0.2) is 0 Å². The number of likely N-dealkylation sites (tertiary alicyclic amines) is 1. The van der Waals surface area contributed by atoms with Crippen molar-refractivity contribution in [1.29, 1.82) is 0 Å². The van der Waals surface area contributed by atoms with Crippen molar-refractivity contribution in [3.63, 3.8) is 0 Å². The fraction of sp³-hybridized carbons (Fsp3) is 0.647. The third-order valence-electron chi connectivity index (χ3n) is 4.01. The third-order valence-corrected chi connectivity index (χ3v) is 4.01. The van der Waals surface area contributed by atoms with Crippen LogP contribution in [0.1, 0.15) is 43.7 Å². The summed E-state index contributed by atoms with van der Waals surface area (Å²) in [6.45, 7) is 8.25. The van der Waals surface area contributed by atoms with E-state index in [0.29, 0.717) is 0 Å². The Morgan fingerprint density at radius 1 is 1.11 bits per heavy atom. The van der Waals surface area contributed by atoms with Gasteiger partial charge in [0.25, 0.3) is 0 Å². The summed E-state index contributed by atoms with van der Waals surface area (Å²) in [7, 11) is 0. The summed E-state index contributed by atoms with van der Waals surface area (Å²) in [6.07, 6.45) is 6.63. The first kappa shape index (κ1) is 14.5. The number of nitrogens with zero attached hydrogens (tertiary/aromatic N) is 1. The van der Waals surface area contributed by atoms with E-state index in [2.05, 4.69) is 41.4 Å². The van der Waals surface area contributed by atoms with Crippen molar-refractivity contribution in [2.24, 2.45) is 0 Å². The smallest absolute Gasteiger partial charge is 0.0205 e. The van der Waals surface area contributed by atoms with Crippen LogP contribution in [0.3, 0.4) is 0 Å². The van der Waals surface area contributed by atoms with Gasteiger partial charge < -0.3 is 10.2 Å². The lowest BCUT2D eigenvalue weighted by Gasteiger charge is -2.26. The summed E-state index contributed by atoms with van der Waals surface area (Å²) in [6, 6.07) is 8.91. The van der Waals surface area contributed by atoms with Crippen LogP contribution in [0.4, 0.5) is 0 Å². The zero-order valence-corrected chi connectivity index (χ0v) is 12.3. The molecule has 0 spiro atoms. The molecule has 1 heterocycles. The molecule has 106 valence electrons. The molecule has 0 aliphatic carbocycles. The van der Waals surface area contributed by atoms with Crippen LogP contribution in [0.5, 0.6) is 0 Å². The molecule has 0 unspecified atom stereocenters. The lowest BCUT2D eigenvalue weighted by Crippen LogP contribution is -2.32. The quantitative estimate of drug-likeness (QED) is 0.757. The van der Waals surface area contributed by atoms with E-state index in [9.17, 15) is 0 Å². The normalized spacial score (nSPS) is 16.7. The van der Waals surface area contributed by atoms with Crippen LogP contribution in [0.15, 0.2) is 24.3 Å². The highest BCUT2D eigenvalue weighted by molar-refractivity contribution is 5.23. The Balaban J connectivity index is 1.58. The number of hydrogen-bond acceptors (Lipinski definition) is 2. The molecule has 0 radical (unpaired) electrons. The molecule has 1 aromatic carbocycles. The minimum atomic E-state index is 1.01. The molecule has 1 aliphatic rings. The molecule has 2 heteroatoms. The summed E-state index contributed by atoms with van der Waals surface area (Å²) in [5, 5.41) is 3.57. The van der Waals surface area contributed by atoms with E-state index in [1.54, 1.807) is 0 Å². The van der Waals surface area contributed by atoms with E-state index in [0.717, 1.165) is 19.5 Å². The maximum Gasteiger partial charge on any atom is 0.0205 e. The molecule has 1 fully saturated rings. The number of aryl methyl sites for hydroxylation is 1. The zero-order valence-electron chi connectivity index (χ0n) is 12.3. The minimum absolute atomic E-state index is 1.01. The first-order valence-electron chi connectivity index (χ1n) is 7.89. The average Bonchev–Trinajstić information content (AvgIpc) is 2.48. The van der Waals surface area contributed by atoms with Gasteiger partial charge in [-0.3, -0.25) is 0 Å². The maximum atomic E-state index is 3.57. The molecule has 0 amide bonds. The maximum absolute atomic E-state index is 3.57. The van der Waals surface area contributed by atoms with Crippen molar-refractivity contribution < 1.29 is 0 Å². The van der Waals surface area contributed by atoms with Crippen molar-refractivity contribution in [3.05, 3.63) is 35.4 Å². The number of benzene rings is 1. The van der Waals surface area contributed by atoms with Crippen molar-refractivity contribution >= 4 is 0 Å². The van der Waals surface area contributed by atoms with Gasteiger partial charge in [-0.15, -0.1) is 0 Å². The van der Waals surface area contributed by atoms with Gasteiger partial charge in [0.2, 0.25) is 0 Å². The molecule has 0 saturated carbocycles. The van der Waals surface area contributed by atoms with Crippen LogP contribution in [-0.2, 0) is 13.0 Å². The fourth-order valence-corrected chi connectivity index (χ4v) is 2.80. The van der Waals surface area contributed by atoms with Gasteiger partial charge in [0.05, 0.1) is 0 Å². The molecule has 1 saturated heterocycles. The molecule has 0 atom stereocenters. The Labute approximate surface area is 118 Å². The molecule has 0 aromatic heterocycles. The summed E-state index contributed by atoms with van der Waals surface area (Å²) in [4.78, 5) is 2.61. The van der Waals surface area contributed by atoms with Crippen molar-refractivity contribution in [1.82, 2.24) is 10.2 Å². The molecule has 2 nitrogen and oxygen atoms in total. The van der Waals surface area contributed by atoms with Crippen LogP contribution < -0.4 is 5.32 Å². The van der Waals surface area contributed by atoms with Gasteiger partial charge in [0.1, 0.15) is 0 Å². The van der Waals surface area contributed by atoms with Crippen molar-refractivity contribution in [3.8, 4) is 0 Å². The highest BCUT2D eigenvalue weighted by Crippen LogP contribution is 2.08. The van der Waals surface area contributed by atoms with E-state index in [4.69, 9.17) is 0 Å². The second-order valence-corrected chi connectivity index (χ2v) is 5.61. The number of piperidine rings is 1. The molecular formula is C17H28N2. The molecule has 1 N–H and O–H groups in total. The SMILES string of the molecule is CCc1cccc(CNCCCN2CCCCC2)c1. The van der Waals surface area contributed by atoms with E-state index in [-0.39, 0.29) is 0 Å². The highest BCUT2D eigenvalue weighted by atomic mass is 15.1. The van der Waals surface area contributed by atoms with Gasteiger partial charge in [-0.25, -0.2) is 0 Å². The number of nitrogens with one attached hydrogen (secondary N) is 1. The monoisotopic (exact) mass is 260 g/mol. The van der Waals surface area contributed by atoms with Crippen molar-refractivity contribution in [2.45, 2.75) is 45.6 Å². The molecule has 2 rings (SSSR count). The second-order valence-electron chi connectivity index (χ2n) is 5.61. The van der Waals surface area contributed by atoms with Crippen molar-refractivity contribution in [2.75, 3.05) is 26.2 Å². The van der Waals surface area contributed by atoms with Crippen LogP contribution >= 0.6 is 0 Å². The summed E-state index contributed by atoms with van der Waals surface area (Å²) in [5.74, 6) is 0. The van der Waals surface area contributed by atoms with Gasteiger partial charge in [-0.2, -0.15) is 0 Å².